The van der Waals surface area contributed by atoms with Gasteiger partial charge >= 0.3 is 0 Å². The maximum Gasteiger partial charge on any atom is 0.197 e. The molecular weight excluding hydrogens is 1120 g/mol. The first-order valence-electron chi connectivity index (χ1n) is 30.3. The molecule has 9 nitrogen and oxygen atoms in total. The van der Waals surface area contributed by atoms with Crippen LogP contribution in [0.2, 0.25) is 0 Å². The third-order valence-corrected chi connectivity index (χ3v) is 18.2. The van der Waals surface area contributed by atoms with Crippen molar-refractivity contribution in [1.29, 1.82) is 0 Å². The lowest BCUT2D eigenvalue weighted by Gasteiger charge is -2.25. The Morgan fingerprint density at radius 2 is 0.692 bits per heavy atom. The van der Waals surface area contributed by atoms with E-state index >= 15 is 0 Å². The number of nitrogens with zero attached hydrogens (tertiary/aromatic N) is 6. The summed E-state index contributed by atoms with van der Waals surface area (Å²) >= 11 is 0. The molecule has 422 valence electrons. The molecule has 13 aromatic carbocycles. The minimum absolute atomic E-state index is 0.352. The third kappa shape index (κ3) is 7.60. The van der Waals surface area contributed by atoms with Crippen molar-refractivity contribution < 1.29 is 13.3 Å². The summed E-state index contributed by atoms with van der Waals surface area (Å²) in [4.78, 5) is 21.2. The minimum atomic E-state index is 0.352. The number of hydrogen-bond donors (Lipinski definition) is 0. The Balaban J connectivity index is 1.04. The SMILES string of the molecule is [C-]#[N+]c1cc(-c2nc(-c3ccccc3)nc(-c3cccc4c3oc3ccccc34)n2)c(-n2c3ccc(-c4ccccc4)cc3c3c4oc5ccccc5c4ccc32)c(-n2c3ccc(-c4ccccc4)cc3c3c4oc5ccccc5c4ccc32)c1-c1ccccc1. The van der Waals surface area contributed by atoms with Gasteiger partial charge in [-0.15, -0.1) is 0 Å². The van der Waals surface area contributed by atoms with Crippen LogP contribution in [-0.2, 0) is 0 Å². The normalized spacial score (nSPS) is 11.9. The van der Waals surface area contributed by atoms with Crippen LogP contribution in [0.5, 0.6) is 0 Å². The van der Waals surface area contributed by atoms with Gasteiger partial charge in [0.05, 0.1) is 56.3 Å². The van der Waals surface area contributed by atoms with Crippen LogP contribution >= 0.6 is 0 Å². The average molecular weight is 1160 g/mol. The van der Waals surface area contributed by atoms with Crippen LogP contribution in [0.4, 0.5) is 5.69 Å². The van der Waals surface area contributed by atoms with E-state index in [1.54, 1.807) is 0 Å². The number of benzene rings is 13. The second kappa shape index (κ2) is 19.7. The minimum Gasteiger partial charge on any atom is -0.455 e. The van der Waals surface area contributed by atoms with Crippen LogP contribution in [0.1, 0.15) is 0 Å². The lowest BCUT2D eigenvalue weighted by atomic mass is 9.95. The summed E-state index contributed by atoms with van der Waals surface area (Å²) in [6.07, 6.45) is 0. The molecule has 6 aromatic heterocycles. The van der Waals surface area contributed by atoms with Gasteiger partial charge in [-0.3, -0.25) is 0 Å². The van der Waals surface area contributed by atoms with Gasteiger partial charge in [0.2, 0.25) is 0 Å². The molecule has 0 saturated carbocycles. The van der Waals surface area contributed by atoms with E-state index in [1.165, 1.54) is 0 Å². The van der Waals surface area contributed by atoms with E-state index in [-0.39, 0.29) is 0 Å². The first-order chi connectivity index (χ1) is 45.1. The molecule has 0 aliphatic heterocycles. The van der Waals surface area contributed by atoms with Crippen LogP contribution in [0, 0.1) is 6.57 Å². The van der Waals surface area contributed by atoms with Gasteiger partial charge in [-0.25, -0.2) is 19.8 Å². The number of para-hydroxylation sites is 4. The molecule has 0 fully saturated rings. The molecule has 0 atom stereocenters. The second-order valence-electron chi connectivity index (χ2n) is 23.2. The Morgan fingerprint density at radius 3 is 1.21 bits per heavy atom. The van der Waals surface area contributed by atoms with E-state index < -0.39 is 0 Å². The molecule has 0 bridgehead atoms. The van der Waals surface area contributed by atoms with Gasteiger partial charge in [0.15, 0.2) is 23.2 Å². The monoisotopic (exact) mass is 1160 g/mol. The summed E-state index contributed by atoms with van der Waals surface area (Å²) in [5.41, 5.74) is 17.9. The van der Waals surface area contributed by atoms with Crippen LogP contribution in [0.25, 0.3) is 193 Å². The maximum absolute atomic E-state index is 9.50. The topological polar surface area (TPSA) is 92.3 Å². The highest BCUT2D eigenvalue weighted by molar-refractivity contribution is 6.27. The van der Waals surface area contributed by atoms with Crippen molar-refractivity contribution in [2.45, 2.75) is 0 Å². The van der Waals surface area contributed by atoms with Gasteiger partial charge in [0.1, 0.15) is 33.5 Å². The van der Waals surface area contributed by atoms with E-state index in [0.29, 0.717) is 39.9 Å². The highest BCUT2D eigenvalue weighted by atomic mass is 16.3. The lowest BCUT2D eigenvalue weighted by Crippen LogP contribution is -2.10. The average Bonchev–Trinajstić information content (AvgIpc) is 1.60. The van der Waals surface area contributed by atoms with Crippen LogP contribution < -0.4 is 0 Å². The standard InChI is InChI=1S/C82H46N6O3/c1-83-64-47-63(82-85-80(51-27-12-5-13-28-51)84-81(86-82)60-33-20-32-57-54-29-14-17-34-69(54)89-77(57)60)75(87-65-41-37-52(48-21-6-2-7-22-48)45-61(65)73-67(87)43-39-58-55-30-15-18-35-70(55)90-78(58)73)76(72(64)50-25-10-4-11-26-50)88-66-42-38-53(49-23-8-3-9-24-49)46-62(66)74-68(88)44-40-59-56-31-16-19-36-71(56)91-79(59)74/h2-47H. The van der Waals surface area contributed by atoms with Gasteiger partial charge in [0, 0.05) is 59.8 Å². The molecule has 19 rings (SSSR count). The fourth-order valence-electron chi connectivity index (χ4n) is 14.2. The van der Waals surface area contributed by atoms with Crippen LogP contribution in [0.3, 0.4) is 0 Å². The van der Waals surface area contributed by atoms with Gasteiger partial charge < -0.3 is 22.4 Å². The van der Waals surface area contributed by atoms with Gasteiger partial charge in [0.25, 0.3) is 0 Å². The van der Waals surface area contributed by atoms with Crippen molar-refractivity contribution in [2.75, 3.05) is 0 Å². The predicted molar refractivity (Wildman–Crippen MR) is 369 cm³/mol. The Hall–Kier alpha value is -12.6. The van der Waals surface area contributed by atoms with Gasteiger partial charge in [-0.1, -0.05) is 200 Å². The fourth-order valence-corrected chi connectivity index (χ4v) is 14.2. The van der Waals surface area contributed by atoms with E-state index in [4.69, 9.17) is 28.2 Å². The Morgan fingerprint density at radius 1 is 0.286 bits per heavy atom. The zero-order valence-corrected chi connectivity index (χ0v) is 48.5. The first-order valence-corrected chi connectivity index (χ1v) is 30.3. The van der Waals surface area contributed by atoms with E-state index in [0.717, 1.165) is 154 Å². The van der Waals surface area contributed by atoms with E-state index in [2.05, 4.69) is 178 Å². The molecule has 0 unspecified atom stereocenters. The zero-order chi connectivity index (χ0) is 59.8. The maximum atomic E-state index is 9.50. The summed E-state index contributed by atoms with van der Waals surface area (Å²) < 4.78 is 25.7. The molecule has 0 N–H and O–H groups in total. The predicted octanol–water partition coefficient (Wildman–Crippen LogP) is 22.3. The molecule has 0 aliphatic carbocycles. The number of rotatable bonds is 8. The van der Waals surface area contributed by atoms with Crippen molar-refractivity contribution in [3.05, 3.63) is 290 Å². The smallest absolute Gasteiger partial charge is 0.197 e. The summed E-state index contributed by atoms with van der Waals surface area (Å²) in [6, 6.07) is 96.4. The highest BCUT2D eigenvalue weighted by Gasteiger charge is 2.32. The summed E-state index contributed by atoms with van der Waals surface area (Å²) in [5.74, 6) is 1.22. The van der Waals surface area contributed by atoms with E-state index in [1.807, 2.05) is 115 Å². The first kappa shape index (κ1) is 50.5. The molecule has 0 amide bonds. The van der Waals surface area contributed by atoms with Crippen molar-refractivity contribution in [2.24, 2.45) is 0 Å². The quantitative estimate of drug-likeness (QED) is 0.141. The third-order valence-electron chi connectivity index (χ3n) is 18.2. The molecule has 6 heterocycles. The molecule has 0 spiro atoms. The van der Waals surface area contributed by atoms with Crippen molar-refractivity contribution in [3.8, 4) is 78.9 Å². The highest BCUT2D eigenvalue weighted by Crippen LogP contribution is 2.53. The molecular formula is C82H46N6O3. The largest absolute Gasteiger partial charge is 0.455 e. The number of aromatic nitrogens is 5. The number of fused-ring (bicyclic) bond motifs is 17. The van der Waals surface area contributed by atoms with Crippen molar-refractivity contribution in [3.63, 3.8) is 0 Å². The molecule has 19 aromatic rings. The molecule has 0 aliphatic rings. The second-order valence-corrected chi connectivity index (χ2v) is 23.2. The molecule has 0 saturated heterocycles. The Labute approximate surface area is 519 Å². The van der Waals surface area contributed by atoms with Crippen LogP contribution in [0.15, 0.2) is 292 Å². The Bertz CT molecular complexity index is 6270. The Kier molecular flexibility index (Phi) is 10.9. The summed E-state index contributed by atoms with van der Waals surface area (Å²) in [5, 5.41) is 9.82. The number of hydrogen-bond acceptors (Lipinski definition) is 6. The number of furan rings is 3. The van der Waals surface area contributed by atoms with Gasteiger partial charge in [-0.05, 0) is 107 Å². The lowest BCUT2D eigenvalue weighted by molar-refractivity contribution is 0.669. The van der Waals surface area contributed by atoms with E-state index in [9.17, 15) is 6.57 Å². The van der Waals surface area contributed by atoms with Crippen LogP contribution in [-0.4, -0.2) is 24.1 Å². The van der Waals surface area contributed by atoms with Gasteiger partial charge in [-0.2, -0.15) is 0 Å². The summed E-state index contributed by atoms with van der Waals surface area (Å²) in [6.45, 7) is 9.50. The zero-order valence-electron chi connectivity index (χ0n) is 48.5. The molecule has 9 heteroatoms. The summed E-state index contributed by atoms with van der Waals surface area (Å²) in [7, 11) is 0. The van der Waals surface area contributed by atoms with Crippen molar-refractivity contribution in [1.82, 2.24) is 24.1 Å². The molecule has 91 heavy (non-hydrogen) atoms. The molecule has 0 radical (unpaired) electrons. The fraction of sp³-hybridized carbons (Fsp3) is 0. The van der Waals surface area contributed by atoms with Crippen molar-refractivity contribution >= 4 is 115 Å².